The maximum atomic E-state index is 12.5. The second-order valence-corrected chi connectivity index (χ2v) is 6.75. The van der Waals surface area contributed by atoms with Gasteiger partial charge >= 0.3 is 5.63 Å². The fraction of sp³-hybridized carbons (Fsp3) is 0.227. The number of amides is 2. The van der Waals surface area contributed by atoms with Crippen LogP contribution < -0.4 is 15.7 Å². The minimum Gasteiger partial charge on any atom is -0.484 e. The second-order valence-electron chi connectivity index (χ2n) is 6.75. The second kappa shape index (κ2) is 8.79. The minimum atomic E-state index is -0.701. The van der Waals surface area contributed by atoms with E-state index in [1.54, 1.807) is 53.4 Å². The van der Waals surface area contributed by atoms with Crippen LogP contribution in [0.3, 0.4) is 0 Å². The van der Waals surface area contributed by atoms with Gasteiger partial charge in [-0.2, -0.15) is 0 Å². The van der Waals surface area contributed by atoms with E-state index in [0.717, 1.165) is 0 Å². The Hall–Kier alpha value is -3.65. The van der Waals surface area contributed by atoms with Gasteiger partial charge in [-0.1, -0.05) is 18.2 Å². The van der Waals surface area contributed by atoms with Gasteiger partial charge in [0.05, 0.1) is 13.2 Å². The number of carbonyl (C=O) groups is 2. The Balaban J connectivity index is 1.37. The number of hydrogen-bond donors (Lipinski definition) is 1. The number of para-hydroxylation sites is 1. The summed E-state index contributed by atoms with van der Waals surface area (Å²) in [6.07, 6.45) is 0. The van der Waals surface area contributed by atoms with E-state index < -0.39 is 11.5 Å². The molecule has 1 aliphatic heterocycles. The van der Waals surface area contributed by atoms with E-state index in [0.29, 0.717) is 48.7 Å². The zero-order chi connectivity index (χ0) is 20.9. The molecule has 2 aromatic carbocycles. The van der Waals surface area contributed by atoms with Crippen molar-refractivity contribution in [3.63, 3.8) is 0 Å². The molecule has 4 rings (SSSR count). The molecule has 0 saturated carbocycles. The van der Waals surface area contributed by atoms with Crippen molar-refractivity contribution in [2.45, 2.75) is 0 Å². The summed E-state index contributed by atoms with van der Waals surface area (Å²) < 4.78 is 15.9. The van der Waals surface area contributed by atoms with E-state index in [2.05, 4.69) is 5.32 Å². The number of rotatable bonds is 5. The minimum absolute atomic E-state index is 0.0656. The topological polar surface area (TPSA) is 98.1 Å². The summed E-state index contributed by atoms with van der Waals surface area (Å²) in [4.78, 5) is 38.4. The molecule has 30 heavy (non-hydrogen) atoms. The highest BCUT2D eigenvalue weighted by Crippen LogP contribution is 2.18. The van der Waals surface area contributed by atoms with Crippen LogP contribution in [0.25, 0.3) is 11.0 Å². The fourth-order valence-electron chi connectivity index (χ4n) is 3.10. The zero-order valence-corrected chi connectivity index (χ0v) is 16.1. The number of anilines is 1. The maximum absolute atomic E-state index is 12.5. The Bertz CT molecular complexity index is 1120. The van der Waals surface area contributed by atoms with Gasteiger partial charge in [0.25, 0.3) is 11.8 Å². The molecule has 2 heterocycles. The summed E-state index contributed by atoms with van der Waals surface area (Å²) in [7, 11) is 0. The third-order valence-corrected chi connectivity index (χ3v) is 4.72. The Morgan fingerprint density at radius 2 is 1.77 bits per heavy atom. The van der Waals surface area contributed by atoms with E-state index in [1.165, 1.54) is 6.07 Å². The predicted molar refractivity (Wildman–Crippen MR) is 110 cm³/mol. The van der Waals surface area contributed by atoms with E-state index in [-0.39, 0.29) is 18.1 Å². The monoisotopic (exact) mass is 408 g/mol. The molecule has 8 nitrogen and oxygen atoms in total. The first-order valence-corrected chi connectivity index (χ1v) is 9.53. The first kappa shape index (κ1) is 19.7. The molecule has 1 aromatic heterocycles. The summed E-state index contributed by atoms with van der Waals surface area (Å²) >= 11 is 0. The van der Waals surface area contributed by atoms with Crippen LogP contribution in [0.5, 0.6) is 5.75 Å². The van der Waals surface area contributed by atoms with E-state index in [1.807, 2.05) is 0 Å². The van der Waals surface area contributed by atoms with Gasteiger partial charge in [0.2, 0.25) is 0 Å². The highest BCUT2D eigenvalue weighted by Gasteiger charge is 2.17. The van der Waals surface area contributed by atoms with E-state index in [4.69, 9.17) is 13.9 Å². The van der Waals surface area contributed by atoms with Gasteiger partial charge in [-0.3, -0.25) is 9.59 Å². The van der Waals surface area contributed by atoms with Crippen molar-refractivity contribution >= 4 is 28.5 Å². The molecular weight excluding hydrogens is 388 g/mol. The van der Waals surface area contributed by atoms with Gasteiger partial charge in [0, 0.05) is 24.2 Å². The number of hydrogen-bond acceptors (Lipinski definition) is 6. The molecule has 1 fully saturated rings. The molecule has 0 spiro atoms. The first-order valence-electron chi connectivity index (χ1n) is 9.53. The van der Waals surface area contributed by atoms with Gasteiger partial charge < -0.3 is 24.1 Å². The van der Waals surface area contributed by atoms with Crippen molar-refractivity contribution in [1.82, 2.24) is 4.90 Å². The third kappa shape index (κ3) is 4.49. The third-order valence-electron chi connectivity index (χ3n) is 4.72. The van der Waals surface area contributed by atoms with Crippen LogP contribution in [-0.4, -0.2) is 49.6 Å². The van der Waals surface area contributed by atoms with Crippen molar-refractivity contribution in [3.8, 4) is 5.75 Å². The van der Waals surface area contributed by atoms with E-state index >= 15 is 0 Å². The van der Waals surface area contributed by atoms with Crippen LogP contribution in [0.2, 0.25) is 0 Å². The lowest BCUT2D eigenvalue weighted by molar-refractivity contribution is -0.137. The van der Waals surface area contributed by atoms with Gasteiger partial charge in [0.1, 0.15) is 16.9 Å². The molecule has 154 valence electrons. The average Bonchev–Trinajstić information content (AvgIpc) is 2.78. The summed E-state index contributed by atoms with van der Waals surface area (Å²) in [6.45, 7) is 2.14. The summed E-state index contributed by atoms with van der Waals surface area (Å²) in [5.41, 5.74) is 0.129. The van der Waals surface area contributed by atoms with Crippen molar-refractivity contribution in [1.29, 1.82) is 0 Å². The molecule has 0 unspecified atom stereocenters. The quantitative estimate of drug-likeness (QED) is 0.651. The molecule has 0 atom stereocenters. The molecule has 0 bridgehead atoms. The molecule has 1 N–H and O–H groups in total. The number of morpholine rings is 1. The van der Waals surface area contributed by atoms with Crippen molar-refractivity contribution in [2.24, 2.45) is 0 Å². The van der Waals surface area contributed by atoms with Crippen LogP contribution in [0.15, 0.2) is 63.8 Å². The molecule has 2 amide bonds. The number of nitrogens with zero attached hydrogens (tertiary/aromatic N) is 1. The van der Waals surface area contributed by atoms with Gasteiger partial charge in [0.15, 0.2) is 6.61 Å². The van der Waals surface area contributed by atoms with Crippen LogP contribution in [0.4, 0.5) is 5.69 Å². The number of nitrogens with one attached hydrogen (secondary N) is 1. The Labute approximate surface area is 172 Å². The van der Waals surface area contributed by atoms with Gasteiger partial charge in [-0.15, -0.1) is 0 Å². The first-order chi connectivity index (χ1) is 14.6. The van der Waals surface area contributed by atoms with Gasteiger partial charge in [-0.05, 0) is 36.4 Å². The lowest BCUT2D eigenvalue weighted by Gasteiger charge is -2.26. The summed E-state index contributed by atoms with van der Waals surface area (Å²) in [5, 5.41) is 3.33. The fourth-order valence-corrected chi connectivity index (χ4v) is 3.10. The van der Waals surface area contributed by atoms with Crippen molar-refractivity contribution in [2.75, 3.05) is 38.2 Å². The molecule has 1 aliphatic rings. The maximum Gasteiger partial charge on any atom is 0.349 e. The standard InChI is InChI=1S/C22H20N2O6/c25-20(24-9-11-28-12-10-24)14-29-17-7-5-16(6-8-17)23-21(26)18-13-15-3-1-2-4-19(15)30-22(18)27/h1-8,13H,9-12,14H2,(H,23,26). The average molecular weight is 408 g/mol. The van der Waals surface area contributed by atoms with Crippen LogP contribution >= 0.6 is 0 Å². The molecule has 3 aromatic rings. The number of fused-ring (bicyclic) bond motifs is 1. The Morgan fingerprint density at radius 3 is 2.53 bits per heavy atom. The van der Waals surface area contributed by atoms with Gasteiger partial charge in [-0.25, -0.2) is 4.79 Å². The predicted octanol–water partition coefficient (Wildman–Crippen LogP) is 2.28. The molecule has 1 saturated heterocycles. The number of benzene rings is 2. The SMILES string of the molecule is O=C(Nc1ccc(OCC(=O)N2CCOCC2)cc1)c1cc2ccccc2oc1=O. The zero-order valence-electron chi connectivity index (χ0n) is 16.1. The van der Waals surface area contributed by atoms with Crippen LogP contribution in [0, 0.1) is 0 Å². The van der Waals surface area contributed by atoms with Crippen molar-refractivity contribution in [3.05, 3.63) is 70.6 Å². The normalized spacial score (nSPS) is 13.8. The molecule has 0 aliphatic carbocycles. The Kier molecular flexibility index (Phi) is 5.76. The van der Waals surface area contributed by atoms with Crippen molar-refractivity contribution < 1.29 is 23.5 Å². The largest absolute Gasteiger partial charge is 0.484 e. The van der Waals surface area contributed by atoms with Crippen LogP contribution in [0.1, 0.15) is 10.4 Å². The molecule has 8 heteroatoms. The highest BCUT2D eigenvalue weighted by molar-refractivity contribution is 6.05. The number of carbonyl (C=O) groups excluding carboxylic acids is 2. The Morgan fingerprint density at radius 1 is 1.03 bits per heavy atom. The number of ether oxygens (including phenoxy) is 2. The smallest absolute Gasteiger partial charge is 0.349 e. The highest BCUT2D eigenvalue weighted by atomic mass is 16.5. The molecular formula is C22H20N2O6. The summed E-state index contributed by atoms with van der Waals surface area (Å²) in [6, 6.07) is 15.0. The lowest BCUT2D eigenvalue weighted by atomic mass is 10.1. The molecule has 0 radical (unpaired) electrons. The lowest BCUT2D eigenvalue weighted by Crippen LogP contribution is -2.42. The summed E-state index contributed by atoms with van der Waals surface area (Å²) in [5.74, 6) is -0.163. The van der Waals surface area contributed by atoms with Crippen LogP contribution in [-0.2, 0) is 9.53 Å². The van der Waals surface area contributed by atoms with E-state index in [9.17, 15) is 14.4 Å².